The summed E-state index contributed by atoms with van der Waals surface area (Å²) < 4.78 is 0. The van der Waals surface area contributed by atoms with Gasteiger partial charge >= 0.3 is 0 Å². The van der Waals surface area contributed by atoms with E-state index in [-0.39, 0.29) is 11.5 Å². The second-order valence-electron chi connectivity index (χ2n) is 6.27. The Hall–Kier alpha value is -3.28. The van der Waals surface area contributed by atoms with Crippen LogP contribution >= 0.6 is 0 Å². The lowest BCUT2D eigenvalue weighted by molar-refractivity contribution is 0.800. The van der Waals surface area contributed by atoms with Crippen molar-refractivity contribution < 1.29 is 0 Å². The van der Waals surface area contributed by atoms with E-state index >= 15 is 0 Å². The summed E-state index contributed by atoms with van der Waals surface area (Å²) in [7, 11) is 0. The highest BCUT2D eigenvalue weighted by atomic mass is 16.1. The van der Waals surface area contributed by atoms with Crippen LogP contribution < -0.4 is 10.9 Å². The average Bonchev–Trinajstić information content (AvgIpc) is 3.08. The van der Waals surface area contributed by atoms with E-state index in [1.54, 1.807) is 0 Å². The molecule has 2 heterocycles. The lowest BCUT2D eigenvalue weighted by Gasteiger charge is -2.10. The molecule has 0 radical (unpaired) electrons. The second-order valence-corrected chi connectivity index (χ2v) is 6.27. The fourth-order valence-electron chi connectivity index (χ4n) is 3.09. The Bertz CT molecular complexity index is 981. The molecule has 0 aliphatic carbocycles. The van der Waals surface area contributed by atoms with Gasteiger partial charge in [-0.05, 0) is 23.6 Å². The zero-order chi connectivity index (χ0) is 17.8. The normalized spacial score (nSPS) is 15.0. The topological polar surface area (TPSA) is 83.0 Å². The van der Waals surface area contributed by atoms with Crippen molar-refractivity contribution in [3.63, 3.8) is 0 Å². The Morgan fingerprint density at radius 1 is 1.00 bits per heavy atom. The summed E-state index contributed by atoms with van der Waals surface area (Å²) in [4.78, 5) is 19.4. The molecule has 130 valence electrons. The molecule has 26 heavy (non-hydrogen) atoms. The molecule has 2 aromatic carbocycles. The van der Waals surface area contributed by atoms with Crippen LogP contribution in [0.25, 0.3) is 0 Å². The number of aliphatic imine (C=N–C) groups is 1. The minimum atomic E-state index is -0.209. The van der Waals surface area contributed by atoms with Crippen molar-refractivity contribution >= 4 is 17.9 Å². The maximum Gasteiger partial charge on any atom is 0.274 e. The summed E-state index contributed by atoms with van der Waals surface area (Å²) in [6, 6.07) is 17.9. The van der Waals surface area contributed by atoms with Crippen LogP contribution in [-0.2, 0) is 6.42 Å². The van der Waals surface area contributed by atoms with E-state index < -0.39 is 0 Å². The van der Waals surface area contributed by atoms with Crippen LogP contribution in [0.5, 0.6) is 0 Å². The zero-order valence-electron chi connectivity index (χ0n) is 14.2. The number of aromatic nitrogens is 3. The predicted octanol–water partition coefficient (Wildman–Crippen LogP) is 3.06. The first-order valence-corrected chi connectivity index (χ1v) is 8.66. The van der Waals surface area contributed by atoms with Crippen LogP contribution in [0.3, 0.4) is 0 Å². The van der Waals surface area contributed by atoms with Gasteiger partial charge in [0.15, 0.2) is 0 Å². The van der Waals surface area contributed by atoms with E-state index in [1.807, 2.05) is 54.7 Å². The van der Waals surface area contributed by atoms with E-state index in [0.717, 1.165) is 17.7 Å². The van der Waals surface area contributed by atoms with Crippen molar-refractivity contribution in [2.75, 3.05) is 11.9 Å². The number of nitrogens with zero attached hydrogens (tertiary/aromatic N) is 3. The van der Waals surface area contributed by atoms with Crippen molar-refractivity contribution in [2.24, 2.45) is 4.99 Å². The molecule has 0 saturated heterocycles. The number of nitrogens with one attached hydrogen (secondary N) is 2. The van der Waals surface area contributed by atoms with Crippen LogP contribution in [0, 0.1) is 0 Å². The molecule has 0 bridgehead atoms. The maximum absolute atomic E-state index is 12.2. The molecule has 1 aliphatic rings. The van der Waals surface area contributed by atoms with Gasteiger partial charge in [0.1, 0.15) is 5.69 Å². The lowest BCUT2D eigenvalue weighted by Crippen LogP contribution is -2.20. The van der Waals surface area contributed by atoms with Gasteiger partial charge in [0.05, 0.1) is 5.69 Å². The van der Waals surface area contributed by atoms with Crippen LogP contribution in [0.2, 0.25) is 0 Å². The predicted molar refractivity (Wildman–Crippen MR) is 102 cm³/mol. The highest BCUT2D eigenvalue weighted by Gasteiger charge is 2.17. The van der Waals surface area contributed by atoms with Gasteiger partial charge in [0.2, 0.25) is 5.95 Å². The lowest BCUT2D eigenvalue weighted by atomic mass is 9.98. The van der Waals surface area contributed by atoms with Crippen LogP contribution in [0.15, 0.2) is 64.4 Å². The van der Waals surface area contributed by atoms with Crippen LogP contribution in [0.1, 0.15) is 29.2 Å². The average molecular weight is 345 g/mol. The van der Waals surface area contributed by atoms with Crippen molar-refractivity contribution in [1.29, 1.82) is 0 Å². The van der Waals surface area contributed by atoms with Gasteiger partial charge in [-0.3, -0.25) is 14.8 Å². The van der Waals surface area contributed by atoms with Crippen LogP contribution in [0.4, 0.5) is 11.6 Å². The molecular formula is C20H19N5O. The zero-order valence-corrected chi connectivity index (χ0v) is 14.2. The fourth-order valence-corrected chi connectivity index (χ4v) is 3.09. The van der Waals surface area contributed by atoms with Crippen molar-refractivity contribution in [3.05, 3.63) is 81.8 Å². The SMILES string of the molecule is O=c1[nH]c(NCC[C@H]2C=Nc3ccccc32)nnc1Cc1ccccc1. The minimum Gasteiger partial charge on any atom is -0.354 e. The van der Waals surface area contributed by atoms with Crippen molar-refractivity contribution in [3.8, 4) is 0 Å². The Balaban J connectivity index is 1.35. The summed E-state index contributed by atoms with van der Waals surface area (Å²) in [5.41, 5.74) is 3.52. The number of fused-ring (bicyclic) bond motifs is 1. The van der Waals surface area contributed by atoms with Gasteiger partial charge in [-0.1, -0.05) is 48.5 Å². The molecule has 0 spiro atoms. The van der Waals surface area contributed by atoms with Gasteiger partial charge < -0.3 is 5.32 Å². The Labute approximate surface area is 151 Å². The molecule has 2 N–H and O–H groups in total. The molecule has 0 amide bonds. The van der Waals surface area contributed by atoms with Gasteiger partial charge in [-0.25, -0.2) is 0 Å². The van der Waals surface area contributed by atoms with E-state index in [0.29, 0.717) is 24.6 Å². The minimum absolute atomic E-state index is 0.209. The maximum atomic E-state index is 12.2. The largest absolute Gasteiger partial charge is 0.354 e. The number of aromatic amines is 1. The number of H-pyrrole nitrogens is 1. The molecule has 1 aromatic heterocycles. The van der Waals surface area contributed by atoms with Gasteiger partial charge in [-0.15, -0.1) is 10.2 Å². The molecule has 1 atom stereocenters. The Morgan fingerprint density at radius 3 is 2.65 bits per heavy atom. The van der Waals surface area contributed by atoms with E-state index in [1.165, 1.54) is 5.56 Å². The summed E-state index contributed by atoms with van der Waals surface area (Å²) in [6.45, 7) is 0.674. The van der Waals surface area contributed by atoms with Crippen molar-refractivity contribution in [2.45, 2.75) is 18.8 Å². The fraction of sp³-hybridized carbons (Fsp3) is 0.200. The highest BCUT2D eigenvalue weighted by Crippen LogP contribution is 2.33. The molecule has 0 unspecified atom stereocenters. The smallest absolute Gasteiger partial charge is 0.274 e. The molecule has 0 saturated carbocycles. The molecule has 6 heteroatoms. The first kappa shape index (κ1) is 16.2. The van der Waals surface area contributed by atoms with Crippen LogP contribution in [-0.4, -0.2) is 27.9 Å². The van der Waals surface area contributed by atoms with E-state index in [9.17, 15) is 4.79 Å². The molecule has 4 rings (SSSR count). The molecular weight excluding hydrogens is 326 g/mol. The number of rotatable bonds is 6. The van der Waals surface area contributed by atoms with E-state index in [2.05, 4.69) is 31.6 Å². The first-order chi connectivity index (χ1) is 12.8. The highest BCUT2D eigenvalue weighted by molar-refractivity contribution is 5.80. The Kier molecular flexibility index (Phi) is 4.55. The number of benzene rings is 2. The number of para-hydroxylation sites is 1. The standard InChI is InChI=1S/C20H19N5O/c26-19-18(12-14-6-2-1-3-7-14)24-25-20(23-19)21-11-10-15-13-22-17-9-5-4-8-16(15)17/h1-9,13,15H,10-12H2,(H2,21,23,25,26)/t15-/m0/s1. The first-order valence-electron chi connectivity index (χ1n) is 8.66. The summed E-state index contributed by atoms with van der Waals surface area (Å²) in [6.07, 6.45) is 3.32. The monoisotopic (exact) mass is 345 g/mol. The Morgan fingerprint density at radius 2 is 1.81 bits per heavy atom. The van der Waals surface area contributed by atoms with Gasteiger partial charge in [-0.2, -0.15) is 0 Å². The number of hydrogen-bond donors (Lipinski definition) is 2. The van der Waals surface area contributed by atoms with E-state index in [4.69, 9.17) is 0 Å². The number of anilines is 1. The molecule has 6 nitrogen and oxygen atoms in total. The quantitative estimate of drug-likeness (QED) is 0.719. The molecule has 0 fully saturated rings. The summed E-state index contributed by atoms with van der Waals surface area (Å²) in [5, 5.41) is 11.3. The second kappa shape index (κ2) is 7.31. The molecule has 3 aromatic rings. The third-order valence-corrected chi connectivity index (χ3v) is 4.46. The summed E-state index contributed by atoms with van der Waals surface area (Å²) >= 11 is 0. The van der Waals surface area contributed by atoms with Crippen molar-refractivity contribution in [1.82, 2.24) is 15.2 Å². The third kappa shape index (κ3) is 3.54. The summed E-state index contributed by atoms with van der Waals surface area (Å²) in [5.74, 6) is 0.686. The van der Waals surface area contributed by atoms with Gasteiger partial charge in [0, 0.05) is 25.1 Å². The number of hydrogen-bond acceptors (Lipinski definition) is 5. The van der Waals surface area contributed by atoms with Gasteiger partial charge in [0.25, 0.3) is 5.56 Å². The molecule has 1 aliphatic heterocycles. The third-order valence-electron chi connectivity index (χ3n) is 4.46.